The summed E-state index contributed by atoms with van der Waals surface area (Å²) in [5, 5.41) is 14.9. The Morgan fingerprint density at radius 2 is 1.89 bits per heavy atom. The normalized spacial score (nSPS) is 17.4. The first-order chi connectivity index (χ1) is 12.7. The zero-order valence-electron chi connectivity index (χ0n) is 17.3. The Morgan fingerprint density at radius 3 is 2.52 bits per heavy atom. The van der Waals surface area contributed by atoms with Gasteiger partial charge in [-0.25, -0.2) is 0 Å². The molecule has 1 aliphatic rings. The summed E-state index contributed by atoms with van der Waals surface area (Å²) in [5.41, 5.74) is 0. The molecule has 0 aromatic carbocycles. The van der Waals surface area contributed by atoms with Gasteiger partial charge in [0.15, 0.2) is 5.96 Å². The molecule has 9 heteroatoms. The van der Waals surface area contributed by atoms with Crippen LogP contribution in [0.1, 0.15) is 26.6 Å². The summed E-state index contributed by atoms with van der Waals surface area (Å²) in [6.45, 7) is 16.3. The molecule has 1 fully saturated rings. The molecule has 1 saturated heterocycles. The lowest BCUT2D eigenvalue weighted by molar-refractivity contribution is 0.124. The number of nitrogens with one attached hydrogen (secondary N) is 2. The molecule has 0 bridgehead atoms. The Morgan fingerprint density at radius 1 is 1.19 bits per heavy atom. The van der Waals surface area contributed by atoms with Crippen molar-refractivity contribution in [3.8, 4) is 0 Å². The van der Waals surface area contributed by atoms with Crippen molar-refractivity contribution in [3.63, 3.8) is 0 Å². The third-order valence-electron chi connectivity index (χ3n) is 4.98. The second-order valence-corrected chi connectivity index (χ2v) is 7.01. The molecule has 2 heterocycles. The highest BCUT2D eigenvalue weighted by molar-refractivity contribution is 14.0. The summed E-state index contributed by atoms with van der Waals surface area (Å²) < 4.78 is 2.08. The van der Waals surface area contributed by atoms with E-state index >= 15 is 0 Å². The van der Waals surface area contributed by atoms with E-state index < -0.39 is 0 Å². The van der Waals surface area contributed by atoms with Gasteiger partial charge in [-0.05, 0) is 12.5 Å². The highest BCUT2D eigenvalue weighted by atomic mass is 127. The molecule has 0 radical (unpaired) electrons. The second kappa shape index (κ2) is 13.3. The van der Waals surface area contributed by atoms with Gasteiger partial charge in [0.1, 0.15) is 12.2 Å². The van der Waals surface area contributed by atoms with Crippen molar-refractivity contribution in [2.75, 3.05) is 59.4 Å². The average Bonchev–Trinajstić information content (AvgIpc) is 3.12. The van der Waals surface area contributed by atoms with Crippen molar-refractivity contribution in [1.29, 1.82) is 0 Å². The topological polar surface area (TPSA) is 73.6 Å². The van der Waals surface area contributed by atoms with E-state index in [9.17, 15) is 0 Å². The smallest absolute Gasteiger partial charge is 0.191 e. The minimum atomic E-state index is 0. The number of aryl methyl sites for hydroxylation is 1. The van der Waals surface area contributed by atoms with E-state index in [4.69, 9.17) is 0 Å². The monoisotopic (exact) mass is 492 g/mol. The average molecular weight is 492 g/mol. The van der Waals surface area contributed by atoms with Crippen LogP contribution >= 0.6 is 24.0 Å². The van der Waals surface area contributed by atoms with Gasteiger partial charge in [0.2, 0.25) is 0 Å². The number of piperazine rings is 1. The van der Waals surface area contributed by atoms with Crippen molar-refractivity contribution < 1.29 is 0 Å². The number of likely N-dealkylation sites (N-methyl/N-ethyl adjacent to an activating group) is 1. The summed E-state index contributed by atoms with van der Waals surface area (Å²) in [7, 11) is 1.82. The third-order valence-corrected chi connectivity index (χ3v) is 4.98. The quantitative estimate of drug-likeness (QED) is 0.303. The first kappa shape index (κ1) is 24.1. The Labute approximate surface area is 181 Å². The predicted molar refractivity (Wildman–Crippen MR) is 122 cm³/mol. The molecule has 27 heavy (non-hydrogen) atoms. The van der Waals surface area contributed by atoms with Crippen molar-refractivity contribution in [2.24, 2.45) is 10.9 Å². The number of aliphatic imine (C=N–C) groups is 1. The van der Waals surface area contributed by atoms with Crippen LogP contribution in [0.25, 0.3) is 0 Å². The van der Waals surface area contributed by atoms with Crippen LogP contribution in [0.3, 0.4) is 0 Å². The lowest BCUT2D eigenvalue weighted by Gasteiger charge is -2.35. The van der Waals surface area contributed by atoms with Gasteiger partial charge in [-0.3, -0.25) is 4.99 Å². The first-order valence-corrected chi connectivity index (χ1v) is 9.92. The Bertz CT molecular complexity index is 539. The Kier molecular flexibility index (Phi) is 11.8. The number of guanidine groups is 1. The predicted octanol–water partition coefficient (Wildman–Crippen LogP) is 0.897. The number of halogens is 1. The summed E-state index contributed by atoms with van der Waals surface area (Å²) in [4.78, 5) is 9.42. The van der Waals surface area contributed by atoms with Crippen LogP contribution in [-0.4, -0.2) is 89.9 Å². The zero-order valence-corrected chi connectivity index (χ0v) is 19.6. The maximum Gasteiger partial charge on any atom is 0.191 e. The van der Waals surface area contributed by atoms with Crippen molar-refractivity contribution in [3.05, 3.63) is 12.2 Å². The number of aromatic nitrogens is 3. The molecule has 1 aliphatic heterocycles. The summed E-state index contributed by atoms with van der Waals surface area (Å²) in [6.07, 6.45) is 2.69. The molecule has 0 aliphatic carbocycles. The fraction of sp³-hybridized carbons (Fsp3) is 0.833. The molecule has 8 nitrogen and oxygen atoms in total. The molecule has 2 N–H and O–H groups in total. The minimum Gasteiger partial charge on any atom is -0.356 e. The molecule has 0 spiro atoms. The first-order valence-electron chi connectivity index (χ1n) is 9.92. The van der Waals surface area contributed by atoms with Crippen LogP contribution in [0.4, 0.5) is 0 Å². The van der Waals surface area contributed by atoms with E-state index in [0.717, 1.165) is 44.4 Å². The van der Waals surface area contributed by atoms with Gasteiger partial charge in [0.05, 0.1) is 0 Å². The van der Waals surface area contributed by atoms with E-state index in [1.165, 1.54) is 32.7 Å². The zero-order chi connectivity index (χ0) is 18.8. The summed E-state index contributed by atoms with van der Waals surface area (Å²) in [5.74, 6) is 2.47. The Hall–Kier alpha value is -0.940. The SMILES string of the molecule is CCc1nncn1CCNC(=NC)NCC(C)CN1CCN(CC)CC1.I. The second-order valence-electron chi connectivity index (χ2n) is 7.01. The minimum absolute atomic E-state index is 0. The van der Waals surface area contributed by atoms with Gasteiger partial charge in [-0.2, -0.15) is 0 Å². The fourth-order valence-corrected chi connectivity index (χ4v) is 3.32. The maximum atomic E-state index is 4.32. The maximum absolute atomic E-state index is 4.32. The Balaban J connectivity index is 0.00000364. The molecule has 1 unspecified atom stereocenters. The van der Waals surface area contributed by atoms with Gasteiger partial charge in [0, 0.05) is 65.8 Å². The summed E-state index contributed by atoms with van der Waals surface area (Å²) >= 11 is 0. The van der Waals surface area contributed by atoms with Crippen LogP contribution in [-0.2, 0) is 13.0 Å². The lowest BCUT2D eigenvalue weighted by Crippen LogP contribution is -2.48. The molecule has 1 atom stereocenters. The molecule has 1 aromatic heterocycles. The fourth-order valence-electron chi connectivity index (χ4n) is 3.32. The van der Waals surface area contributed by atoms with Crippen LogP contribution in [0.2, 0.25) is 0 Å². The van der Waals surface area contributed by atoms with Crippen molar-refractivity contribution >= 4 is 29.9 Å². The van der Waals surface area contributed by atoms with Crippen molar-refractivity contribution in [1.82, 2.24) is 35.2 Å². The van der Waals surface area contributed by atoms with Crippen LogP contribution < -0.4 is 10.6 Å². The van der Waals surface area contributed by atoms with Gasteiger partial charge in [-0.15, -0.1) is 34.2 Å². The van der Waals surface area contributed by atoms with E-state index in [-0.39, 0.29) is 24.0 Å². The molecule has 1 aromatic rings. The molecule has 0 saturated carbocycles. The van der Waals surface area contributed by atoms with Gasteiger partial charge in [-0.1, -0.05) is 20.8 Å². The molecular weight excluding hydrogens is 455 g/mol. The van der Waals surface area contributed by atoms with E-state index in [2.05, 4.69) is 61.0 Å². The van der Waals surface area contributed by atoms with Gasteiger partial charge in [0.25, 0.3) is 0 Å². The highest BCUT2D eigenvalue weighted by Gasteiger charge is 2.17. The number of hydrogen-bond acceptors (Lipinski definition) is 5. The number of hydrogen-bond donors (Lipinski definition) is 2. The molecule has 156 valence electrons. The number of nitrogens with zero attached hydrogens (tertiary/aromatic N) is 6. The van der Waals surface area contributed by atoms with Gasteiger partial charge >= 0.3 is 0 Å². The van der Waals surface area contributed by atoms with Gasteiger partial charge < -0.3 is 25.0 Å². The highest BCUT2D eigenvalue weighted by Crippen LogP contribution is 2.05. The van der Waals surface area contributed by atoms with Crippen molar-refractivity contribution in [2.45, 2.75) is 33.7 Å². The van der Waals surface area contributed by atoms with E-state index in [1.807, 2.05) is 7.05 Å². The largest absolute Gasteiger partial charge is 0.356 e. The lowest BCUT2D eigenvalue weighted by atomic mass is 10.1. The van der Waals surface area contributed by atoms with E-state index in [0.29, 0.717) is 5.92 Å². The third kappa shape index (κ3) is 8.30. The molecular formula is C18H37IN8. The van der Waals surface area contributed by atoms with Crippen LogP contribution in [0, 0.1) is 5.92 Å². The summed E-state index contributed by atoms with van der Waals surface area (Å²) in [6, 6.07) is 0. The standard InChI is InChI=1S/C18H36N8.HI/c1-5-17-23-22-15-26(17)8-7-20-18(19-4)21-13-16(3)14-25-11-9-24(6-2)10-12-25;/h15-16H,5-14H2,1-4H3,(H2,19,20,21);1H. The van der Waals surface area contributed by atoms with E-state index in [1.54, 1.807) is 6.33 Å². The molecule has 0 amide bonds. The van der Waals surface area contributed by atoms with Crippen LogP contribution in [0.5, 0.6) is 0 Å². The molecule has 2 rings (SSSR count). The number of rotatable bonds is 9. The van der Waals surface area contributed by atoms with Crippen LogP contribution in [0.15, 0.2) is 11.3 Å².